The average molecular weight is 436 g/mol. The van der Waals surface area contributed by atoms with Gasteiger partial charge in [-0.2, -0.15) is 13.2 Å². The number of benzene rings is 3. The molecule has 0 bridgehead atoms. The Morgan fingerprint density at radius 2 is 1.50 bits per heavy atom. The van der Waals surface area contributed by atoms with Gasteiger partial charge in [0.2, 0.25) is 0 Å². The maximum atomic E-state index is 13.4. The predicted molar refractivity (Wildman–Crippen MR) is 117 cm³/mol. The molecule has 7 heteroatoms. The number of imide groups is 1. The lowest BCUT2D eigenvalue weighted by Gasteiger charge is -2.17. The minimum atomic E-state index is -4.53. The topological polar surface area (TPSA) is 49.4 Å². The number of carbonyl (C=O) groups excluding carboxylic acids is 2. The smallest absolute Gasteiger partial charge is 0.350 e. The summed E-state index contributed by atoms with van der Waals surface area (Å²) in [5, 5.41) is 2.78. The van der Waals surface area contributed by atoms with Gasteiger partial charge in [0.05, 0.1) is 16.8 Å². The monoisotopic (exact) mass is 436 g/mol. The molecule has 3 aromatic rings. The zero-order valence-corrected chi connectivity index (χ0v) is 17.3. The highest BCUT2D eigenvalue weighted by Gasteiger charge is 2.41. The molecule has 162 valence electrons. The van der Waals surface area contributed by atoms with Gasteiger partial charge in [0.1, 0.15) is 5.70 Å². The van der Waals surface area contributed by atoms with E-state index in [1.807, 2.05) is 6.92 Å². The highest BCUT2D eigenvalue weighted by molar-refractivity contribution is 6.46. The molecule has 1 N–H and O–H groups in total. The Morgan fingerprint density at radius 1 is 0.812 bits per heavy atom. The zero-order chi connectivity index (χ0) is 23.0. The first-order valence-electron chi connectivity index (χ1n) is 9.87. The molecule has 0 saturated carbocycles. The van der Waals surface area contributed by atoms with Crippen molar-refractivity contribution in [1.29, 1.82) is 0 Å². The number of nitrogens with one attached hydrogen (secondary N) is 1. The molecule has 3 aromatic carbocycles. The van der Waals surface area contributed by atoms with Crippen molar-refractivity contribution in [2.45, 2.75) is 20.0 Å². The second kappa shape index (κ2) is 8.00. The first-order valence-corrected chi connectivity index (χ1v) is 9.87. The van der Waals surface area contributed by atoms with Gasteiger partial charge in [-0.1, -0.05) is 54.1 Å². The molecule has 0 aliphatic carbocycles. The predicted octanol–water partition coefficient (Wildman–Crippen LogP) is 5.72. The molecule has 0 atom stereocenters. The van der Waals surface area contributed by atoms with Gasteiger partial charge < -0.3 is 5.32 Å². The lowest BCUT2D eigenvalue weighted by molar-refractivity contribution is -0.137. The van der Waals surface area contributed by atoms with Crippen LogP contribution in [0.5, 0.6) is 0 Å². The van der Waals surface area contributed by atoms with Crippen LogP contribution in [0.3, 0.4) is 0 Å². The maximum Gasteiger partial charge on any atom is 0.416 e. The number of anilines is 2. The van der Waals surface area contributed by atoms with Gasteiger partial charge in [0.15, 0.2) is 0 Å². The van der Waals surface area contributed by atoms with E-state index < -0.39 is 23.6 Å². The standard InChI is InChI=1S/C25H19F3N2O2/c1-15-10-12-17(13-11-15)21-22(29-19-8-5-7-18(14-19)25(26,27)28)24(32)30(23(21)31)20-9-4-3-6-16(20)2/h3-14,29H,1-2H3. The molecule has 1 aliphatic heterocycles. The highest BCUT2D eigenvalue weighted by atomic mass is 19.4. The number of halogens is 3. The molecular weight excluding hydrogens is 417 g/mol. The Labute approximate surface area is 183 Å². The molecule has 4 nitrogen and oxygen atoms in total. The van der Waals surface area contributed by atoms with E-state index in [1.54, 1.807) is 55.5 Å². The van der Waals surface area contributed by atoms with Crippen LogP contribution in [0.1, 0.15) is 22.3 Å². The Hall–Kier alpha value is -3.87. The minimum Gasteiger partial charge on any atom is -0.350 e. The van der Waals surface area contributed by atoms with Crippen LogP contribution < -0.4 is 10.2 Å². The van der Waals surface area contributed by atoms with Crippen LogP contribution in [0.2, 0.25) is 0 Å². The minimum absolute atomic E-state index is 0.0622. The largest absolute Gasteiger partial charge is 0.416 e. The lowest BCUT2D eigenvalue weighted by Crippen LogP contribution is -2.33. The Balaban J connectivity index is 1.83. The van der Waals surface area contributed by atoms with Gasteiger partial charge in [0.25, 0.3) is 11.8 Å². The summed E-state index contributed by atoms with van der Waals surface area (Å²) >= 11 is 0. The van der Waals surface area contributed by atoms with E-state index in [2.05, 4.69) is 5.32 Å². The number of amides is 2. The van der Waals surface area contributed by atoms with E-state index in [9.17, 15) is 22.8 Å². The third kappa shape index (κ3) is 3.89. The summed E-state index contributed by atoms with van der Waals surface area (Å²) in [4.78, 5) is 27.8. The fourth-order valence-corrected chi connectivity index (χ4v) is 3.58. The zero-order valence-electron chi connectivity index (χ0n) is 17.3. The number of alkyl halides is 3. The molecule has 1 aliphatic rings. The van der Waals surface area contributed by atoms with Crippen LogP contribution in [-0.4, -0.2) is 11.8 Å². The lowest BCUT2D eigenvalue weighted by atomic mass is 10.0. The van der Waals surface area contributed by atoms with Crippen molar-refractivity contribution in [1.82, 2.24) is 0 Å². The molecule has 0 fully saturated rings. The van der Waals surface area contributed by atoms with Gasteiger partial charge in [-0.15, -0.1) is 0 Å². The summed E-state index contributed by atoms with van der Waals surface area (Å²) in [5.74, 6) is -1.17. The van der Waals surface area contributed by atoms with Gasteiger partial charge >= 0.3 is 6.18 Å². The van der Waals surface area contributed by atoms with E-state index in [-0.39, 0.29) is 17.0 Å². The number of aryl methyl sites for hydroxylation is 2. The van der Waals surface area contributed by atoms with Crippen LogP contribution in [0.15, 0.2) is 78.5 Å². The quantitative estimate of drug-likeness (QED) is 0.533. The number of para-hydroxylation sites is 1. The summed E-state index contributed by atoms with van der Waals surface area (Å²) in [6.07, 6.45) is -4.53. The number of nitrogens with zero attached hydrogens (tertiary/aromatic N) is 1. The van der Waals surface area contributed by atoms with E-state index in [1.165, 1.54) is 12.1 Å². The van der Waals surface area contributed by atoms with E-state index in [0.717, 1.165) is 28.2 Å². The number of rotatable bonds is 4. The van der Waals surface area contributed by atoms with Crippen LogP contribution in [-0.2, 0) is 15.8 Å². The second-order valence-corrected chi connectivity index (χ2v) is 7.55. The fraction of sp³-hybridized carbons (Fsp3) is 0.120. The van der Waals surface area contributed by atoms with Crippen molar-refractivity contribution < 1.29 is 22.8 Å². The van der Waals surface area contributed by atoms with E-state index >= 15 is 0 Å². The summed E-state index contributed by atoms with van der Waals surface area (Å²) in [6.45, 7) is 3.67. The van der Waals surface area contributed by atoms with Crippen LogP contribution in [0.25, 0.3) is 5.57 Å². The van der Waals surface area contributed by atoms with Crippen molar-refractivity contribution in [2.75, 3.05) is 10.2 Å². The Bertz CT molecular complexity index is 1240. The summed E-state index contributed by atoms with van der Waals surface area (Å²) < 4.78 is 39.5. The third-order valence-electron chi connectivity index (χ3n) is 5.24. The van der Waals surface area contributed by atoms with Crippen molar-refractivity contribution in [2.24, 2.45) is 0 Å². The normalized spacial score (nSPS) is 14.3. The average Bonchev–Trinajstić information content (AvgIpc) is 2.98. The molecule has 1 heterocycles. The van der Waals surface area contributed by atoms with Crippen LogP contribution in [0, 0.1) is 13.8 Å². The summed E-state index contributed by atoms with van der Waals surface area (Å²) in [5.41, 5.74) is 1.86. The molecule has 0 spiro atoms. The number of hydrogen-bond donors (Lipinski definition) is 1. The Kier molecular flexibility index (Phi) is 5.34. The third-order valence-corrected chi connectivity index (χ3v) is 5.24. The van der Waals surface area contributed by atoms with Gasteiger partial charge in [0, 0.05) is 5.69 Å². The second-order valence-electron chi connectivity index (χ2n) is 7.55. The molecule has 32 heavy (non-hydrogen) atoms. The molecule has 0 unspecified atom stereocenters. The SMILES string of the molecule is Cc1ccc(C2=C(Nc3cccc(C(F)(F)F)c3)C(=O)N(c3ccccc3C)C2=O)cc1. The molecule has 4 rings (SSSR count). The summed E-state index contributed by atoms with van der Waals surface area (Å²) in [7, 11) is 0. The van der Waals surface area contributed by atoms with Crippen molar-refractivity contribution in [3.05, 3.63) is 101 Å². The van der Waals surface area contributed by atoms with Crippen molar-refractivity contribution in [3.8, 4) is 0 Å². The Morgan fingerprint density at radius 3 is 2.16 bits per heavy atom. The fourth-order valence-electron chi connectivity index (χ4n) is 3.58. The van der Waals surface area contributed by atoms with Gasteiger partial charge in [-0.25, -0.2) is 4.90 Å². The first kappa shape index (κ1) is 21.4. The van der Waals surface area contributed by atoms with E-state index in [4.69, 9.17) is 0 Å². The molecule has 2 amide bonds. The van der Waals surface area contributed by atoms with Gasteiger partial charge in [-0.3, -0.25) is 9.59 Å². The van der Waals surface area contributed by atoms with Crippen molar-refractivity contribution in [3.63, 3.8) is 0 Å². The highest BCUT2D eigenvalue weighted by Crippen LogP contribution is 2.36. The molecule has 0 aromatic heterocycles. The van der Waals surface area contributed by atoms with Crippen LogP contribution in [0.4, 0.5) is 24.5 Å². The number of hydrogen-bond acceptors (Lipinski definition) is 3. The molecular formula is C25H19F3N2O2. The van der Waals surface area contributed by atoms with Crippen LogP contribution >= 0.6 is 0 Å². The van der Waals surface area contributed by atoms with Gasteiger partial charge in [-0.05, 0) is 49.2 Å². The first-order chi connectivity index (χ1) is 15.2. The van der Waals surface area contributed by atoms with Crippen molar-refractivity contribution >= 4 is 28.8 Å². The summed E-state index contributed by atoms with van der Waals surface area (Å²) in [6, 6.07) is 18.5. The molecule has 0 radical (unpaired) electrons. The number of carbonyl (C=O) groups is 2. The molecule has 0 saturated heterocycles. The maximum absolute atomic E-state index is 13.4. The van der Waals surface area contributed by atoms with E-state index in [0.29, 0.717) is 11.3 Å².